The average Bonchev–Trinajstić information content (AvgIpc) is 2.85. The summed E-state index contributed by atoms with van der Waals surface area (Å²) in [7, 11) is 0. The summed E-state index contributed by atoms with van der Waals surface area (Å²) in [4.78, 5) is 22.7. The van der Waals surface area contributed by atoms with Crippen LogP contribution in [-0.2, 0) is 23.8 Å². The second-order valence-electron chi connectivity index (χ2n) is 9.22. The van der Waals surface area contributed by atoms with Gasteiger partial charge in [-0.15, -0.1) is 0 Å². The monoisotopic (exact) mass is 449 g/mol. The lowest BCUT2D eigenvalue weighted by atomic mass is 9.81. The number of allylic oxidation sites excluding steroid dienone is 1. The van der Waals surface area contributed by atoms with Crippen molar-refractivity contribution in [2.24, 2.45) is 5.92 Å². The molecule has 0 aromatic heterocycles. The number of carbonyl (C=O) groups excluding carboxylic acids is 2. The van der Waals surface area contributed by atoms with Crippen molar-refractivity contribution < 1.29 is 28.9 Å². The summed E-state index contributed by atoms with van der Waals surface area (Å²) < 4.78 is 16.8. The number of nitrogens with zero attached hydrogens (tertiary/aromatic N) is 1. The number of aliphatic hydroxyl groups is 1. The van der Waals surface area contributed by atoms with Gasteiger partial charge in [0, 0.05) is 20.3 Å². The van der Waals surface area contributed by atoms with E-state index in [1.165, 1.54) is 13.8 Å². The van der Waals surface area contributed by atoms with Crippen LogP contribution in [0.2, 0.25) is 0 Å². The maximum absolute atomic E-state index is 11.7. The number of nitriles is 1. The molecule has 1 saturated heterocycles. The standard InChI is InChI=1S/C25H39NO6/c1-18(2)11-14-25(29,17-26)19(3)8-7-13-24(6)23(32-21(5)28)10-9-22(16-31-24)12-15-30-20(4)27/h11-12,19,23,29H,7-10,13-16H2,1-6H3/b22-12+/t19?,23-,24+,25?/m1/s1. The van der Waals surface area contributed by atoms with Crippen molar-refractivity contribution >= 4 is 11.9 Å². The van der Waals surface area contributed by atoms with E-state index >= 15 is 0 Å². The van der Waals surface area contributed by atoms with Crippen LogP contribution in [0.1, 0.15) is 80.1 Å². The molecule has 0 spiro atoms. The van der Waals surface area contributed by atoms with Crippen LogP contribution in [0.15, 0.2) is 23.3 Å². The molecule has 32 heavy (non-hydrogen) atoms. The van der Waals surface area contributed by atoms with Gasteiger partial charge in [0.15, 0.2) is 5.60 Å². The first-order valence-corrected chi connectivity index (χ1v) is 11.3. The van der Waals surface area contributed by atoms with Gasteiger partial charge in [0.25, 0.3) is 0 Å². The summed E-state index contributed by atoms with van der Waals surface area (Å²) in [6, 6.07) is 2.08. The van der Waals surface area contributed by atoms with Gasteiger partial charge in [-0.3, -0.25) is 9.59 Å². The largest absolute Gasteiger partial charge is 0.462 e. The molecule has 180 valence electrons. The van der Waals surface area contributed by atoms with Gasteiger partial charge < -0.3 is 19.3 Å². The van der Waals surface area contributed by atoms with Crippen LogP contribution < -0.4 is 0 Å². The molecule has 0 aliphatic carbocycles. The highest BCUT2D eigenvalue weighted by Gasteiger charge is 2.40. The Morgan fingerprint density at radius 2 is 2.03 bits per heavy atom. The molecule has 1 fully saturated rings. The first-order valence-electron chi connectivity index (χ1n) is 11.3. The average molecular weight is 450 g/mol. The normalized spacial score (nSPS) is 25.1. The van der Waals surface area contributed by atoms with Gasteiger partial charge in [-0.2, -0.15) is 5.26 Å². The highest BCUT2D eigenvalue weighted by Crippen LogP contribution is 2.35. The van der Waals surface area contributed by atoms with Crippen LogP contribution in [-0.4, -0.2) is 47.6 Å². The predicted octanol–water partition coefficient (Wildman–Crippen LogP) is 4.39. The fourth-order valence-electron chi connectivity index (χ4n) is 3.81. The van der Waals surface area contributed by atoms with Gasteiger partial charge >= 0.3 is 11.9 Å². The highest BCUT2D eigenvalue weighted by atomic mass is 16.6. The van der Waals surface area contributed by atoms with Crippen molar-refractivity contribution in [3.05, 3.63) is 23.3 Å². The van der Waals surface area contributed by atoms with Crippen LogP contribution >= 0.6 is 0 Å². The quantitative estimate of drug-likeness (QED) is 0.299. The van der Waals surface area contributed by atoms with Gasteiger partial charge in [-0.1, -0.05) is 25.0 Å². The number of hydrogen-bond acceptors (Lipinski definition) is 7. The van der Waals surface area contributed by atoms with Crippen LogP contribution in [0.25, 0.3) is 0 Å². The smallest absolute Gasteiger partial charge is 0.303 e. The molecular formula is C25H39NO6. The molecule has 7 nitrogen and oxygen atoms in total. The molecule has 0 aromatic carbocycles. The van der Waals surface area contributed by atoms with Gasteiger partial charge in [0.05, 0.1) is 12.7 Å². The Bertz CT molecular complexity index is 748. The molecule has 1 rings (SSSR count). The maximum atomic E-state index is 11.7. The van der Waals surface area contributed by atoms with E-state index in [2.05, 4.69) is 6.07 Å². The summed E-state index contributed by atoms with van der Waals surface area (Å²) >= 11 is 0. The molecule has 7 heteroatoms. The molecule has 0 aromatic rings. The first-order chi connectivity index (χ1) is 14.9. The molecule has 1 heterocycles. The SMILES string of the molecule is CC(=O)OC/C=C1\CC[C@@H](OC(C)=O)[C@](C)(CCCC(C)C(O)(C#N)CC=C(C)C)OC1. The van der Waals surface area contributed by atoms with E-state index in [0.717, 1.165) is 11.1 Å². The lowest BCUT2D eigenvalue weighted by Gasteiger charge is -2.36. The fourth-order valence-corrected chi connectivity index (χ4v) is 3.81. The zero-order valence-corrected chi connectivity index (χ0v) is 20.4. The van der Waals surface area contributed by atoms with E-state index in [9.17, 15) is 20.0 Å². The lowest BCUT2D eigenvalue weighted by Crippen LogP contribution is -2.44. The Labute approximate surface area is 192 Å². The second kappa shape index (κ2) is 12.8. The second-order valence-corrected chi connectivity index (χ2v) is 9.22. The fraction of sp³-hybridized carbons (Fsp3) is 0.720. The van der Waals surface area contributed by atoms with Crippen molar-refractivity contribution in [3.63, 3.8) is 0 Å². The minimum atomic E-state index is -1.41. The van der Waals surface area contributed by atoms with E-state index in [1.807, 2.05) is 39.8 Å². The molecule has 0 radical (unpaired) electrons. The van der Waals surface area contributed by atoms with E-state index in [4.69, 9.17) is 14.2 Å². The summed E-state index contributed by atoms with van der Waals surface area (Å²) in [6.45, 7) is 11.0. The zero-order chi connectivity index (χ0) is 24.4. The molecule has 1 N–H and O–H groups in total. The third kappa shape index (κ3) is 9.13. The highest BCUT2D eigenvalue weighted by molar-refractivity contribution is 5.66. The van der Waals surface area contributed by atoms with Gasteiger partial charge in [-0.05, 0) is 64.0 Å². The molecule has 4 atom stereocenters. The summed E-state index contributed by atoms with van der Waals surface area (Å²) in [5.74, 6) is -0.912. The van der Waals surface area contributed by atoms with Crippen molar-refractivity contribution in [2.75, 3.05) is 13.2 Å². The molecule has 0 amide bonds. The topological polar surface area (TPSA) is 106 Å². The number of carbonyl (C=O) groups is 2. The number of hydrogen-bond donors (Lipinski definition) is 1. The van der Waals surface area contributed by atoms with Crippen LogP contribution in [0, 0.1) is 17.2 Å². The summed E-state index contributed by atoms with van der Waals surface area (Å²) in [6.07, 6.45) is 6.89. The number of esters is 2. The Morgan fingerprint density at radius 1 is 1.34 bits per heavy atom. The number of rotatable bonds is 10. The van der Waals surface area contributed by atoms with E-state index in [0.29, 0.717) is 45.1 Å². The minimum Gasteiger partial charge on any atom is -0.462 e. The van der Waals surface area contributed by atoms with Gasteiger partial charge in [-0.25, -0.2) is 0 Å². The Kier molecular flexibility index (Phi) is 11.1. The minimum absolute atomic E-state index is 0.193. The summed E-state index contributed by atoms with van der Waals surface area (Å²) in [5, 5.41) is 20.3. The third-order valence-corrected chi connectivity index (χ3v) is 6.10. The van der Waals surface area contributed by atoms with Crippen LogP contribution in [0.3, 0.4) is 0 Å². The van der Waals surface area contributed by atoms with Crippen molar-refractivity contribution in [2.45, 2.75) is 97.4 Å². The van der Waals surface area contributed by atoms with E-state index in [-0.39, 0.29) is 24.5 Å². The first kappa shape index (κ1) is 27.9. The molecular weight excluding hydrogens is 410 g/mol. The van der Waals surface area contributed by atoms with Crippen molar-refractivity contribution in [1.82, 2.24) is 0 Å². The van der Waals surface area contributed by atoms with Crippen molar-refractivity contribution in [3.8, 4) is 6.07 Å². The van der Waals surface area contributed by atoms with Crippen LogP contribution in [0.5, 0.6) is 0 Å². The van der Waals surface area contributed by atoms with Gasteiger partial charge in [0.2, 0.25) is 0 Å². The third-order valence-electron chi connectivity index (χ3n) is 6.10. The lowest BCUT2D eigenvalue weighted by molar-refractivity contribution is -0.168. The van der Waals surface area contributed by atoms with E-state index < -0.39 is 17.3 Å². The van der Waals surface area contributed by atoms with Gasteiger partial charge in [0.1, 0.15) is 18.3 Å². The molecule has 2 unspecified atom stereocenters. The van der Waals surface area contributed by atoms with Crippen molar-refractivity contribution in [1.29, 1.82) is 5.26 Å². The Balaban J connectivity index is 2.82. The van der Waals surface area contributed by atoms with Crippen LogP contribution in [0.4, 0.5) is 0 Å². The Morgan fingerprint density at radius 3 is 2.59 bits per heavy atom. The predicted molar refractivity (Wildman–Crippen MR) is 121 cm³/mol. The number of ether oxygens (including phenoxy) is 3. The molecule has 0 saturated carbocycles. The molecule has 0 bridgehead atoms. The summed E-state index contributed by atoms with van der Waals surface area (Å²) in [5.41, 5.74) is -0.0367. The maximum Gasteiger partial charge on any atom is 0.303 e. The molecule has 1 aliphatic rings. The van der Waals surface area contributed by atoms with E-state index in [1.54, 1.807) is 0 Å². The Hall–Kier alpha value is -2.17. The zero-order valence-electron chi connectivity index (χ0n) is 20.4. The molecule has 1 aliphatic heterocycles.